The van der Waals surface area contributed by atoms with Crippen molar-refractivity contribution in [2.75, 3.05) is 12.4 Å². The predicted octanol–water partition coefficient (Wildman–Crippen LogP) is 4.31. The summed E-state index contributed by atoms with van der Waals surface area (Å²) in [6.45, 7) is 3.84. The molecular weight excluding hydrogens is 278 g/mol. The number of methoxy groups -OCH3 is 1. The van der Waals surface area contributed by atoms with E-state index in [-0.39, 0.29) is 5.91 Å². The zero-order chi connectivity index (χ0) is 15.7. The number of carbonyl (C=O) groups is 1. The van der Waals surface area contributed by atoms with E-state index in [0.717, 1.165) is 16.5 Å². The van der Waals surface area contributed by atoms with Crippen molar-refractivity contribution in [1.29, 1.82) is 0 Å². The van der Waals surface area contributed by atoms with Gasteiger partial charge in [0.25, 0.3) is 5.91 Å². The molecule has 2 aromatic carbocycles. The normalized spacial score (nSPS) is 10.7. The van der Waals surface area contributed by atoms with Crippen molar-refractivity contribution in [3.63, 3.8) is 0 Å². The van der Waals surface area contributed by atoms with Crippen LogP contribution in [-0.4, -0.2) is 13.0 Å². The molecule has 0 atom stereocenters. The molecule has 0 fully saturated rings. The fourth-order valence-electron chi connectivity index (χ4n) is 2.49. The van der Waals surface area contributed by atoms with Crippen LogP contribution in [0.15, 0.2) is 46.9 Å². The summed E-state index contributed by atoms with van der Waals surface area (Å²) in [7, 11) is 1.58. The van der Waals surface area contributed by atoms with Gasteiger partial charge in [-0.05, 0) is 37.6 Å². The SMILES string of the molecule is COc1ccc(C)cc1NC(=O)c1oc2ccccc2c1C. The molecule has 0 aliphatic rings. The number of hydrogen-bond donors (Lipinski definition) is 1. The van der Waals surface area contributed by atoms with Gasteiger partial charge in [-0.3, -0.25) is 4.79 Å². The minimum Gasteiger partial charge on any atom is -0.495 e. The summed E-state index contributed by atoms with van der Waals surface area (Å²) in [4.78, 5) is 12.5. The van der Waals surface area contributed by atoms with Crippen molar-refractivity contribution in [3.8, 4) is 5.75 Å². The molecule has 0 radical (unpaired) electrons. The van der Waals surface area contributed by atoms with Crippen molar-refractivity contribution in [2.45, 2.75) is 13.8 Å². The number of hydrogen-bond acceptors (Lipinski definition) is 3. The lowest BCUT2D eigenvalue weighted by Crippen LogP contribution is -2.13. The maximum atomic E-state index is 12.5. The second-order valence-corrected chi connectivity index (χ2v) is 5.21. The quantitative estimate of drug-likeness (QED) is 0.783. The Kier molecular flexibility index (Phi) is 3.59. The lowest BCUT2D eigenvalue weighted by Gasteiger charge is -2.10. The fraction of sp³-hybridized carbons (Fsp3) is 0.167. The Labute approximate surface area is 128 Å². The number of ether oxygens (including phenoxy) is 1. The van der Waals surface area contributed by atoms with Crippen molar-refractivity contribution in [3.05, 3.63) is 59.4 Å². The number of para-hydroxylation sites is 1. The molecule has 3 rings (SSSR count). The lowest BCUT2D eigenvalue weighted by atomic mass is 10.1. The third-order valence-corrected chi connectivity index (χ3v) is 3.65. The van der Waals surface area contributed by atoms with Crippen LogP contribution in [-0.2, 0) is 0 Å². The van der Waals surface area contributed by atoms with Crippen LogP contribution in [0.1, 0.15) is 21.7 Å². The molecule has 0 saturated heterocycles. The minimum absolute atomic E-state index is 0.280. The maximum absolute atomic E-state index is 12.5. The monoisotopic (exact) mass is 295 g/mol. The highest BCUT2D eigenvalue weighted by Crippen LogP contribution is 2.28. The number of rotatable bonds is 3. The van der Waals surface area contributed by atoms with Gasteiger partial charge in [-0.25, -0.2) is 0 Å². The van der Waals surface area contributed by atoms with Crippen LogP contribution < -0.4 is 10.1 Å². The molecule has 4 heteroatoms. The van der Waals surface area contributed by atoms with Gasteiger partial charge in [0, 0.05) is 10.9 Å². The Balaban J connectivity index is 1.97. The van der Waals surface area contributed by atoms with Crippen molar-refractivity contribution >= 4 is 22.6 Å². The van der Waals surface area contributed by atoms with E-state index in [1.807, 2.05) is 56.3 Å². The second-order valence-electron chi connectivity index (χ2n) is 5.21. The molecule has 0 aliphatic carbocycles. The van der Waals surface area contributed by atoms with Gasteiger partial charge in [-0.1, -0.05) is 24.3 Å². The van der Waals surface area contributed by atoms with Gasteiger partial charge in [0.1, 0.15) is 11.3 Å². The summed E-state index contributed by atoms with van der Waals surface area (Å²) >= 11 is 0. The Hall–Kier alpha value is -2.75. The van der Waals surface area contributed by atoms with Gasteiger partial charge < -0.3 is 14.5 Å². The Morgan fingerprint density at radius 2 is 1.91 bits per heavy atom. The molecule has 1 aromatic heterocycles. The highest BCUT2D eigenvalue weighted by Gasteiger charge is 2.18. The summed E-state index contributed by atoms with van der Waals surface area (Å²) in [6.07, 6.45) is 0. The number of amides is 1. The topological polar surface area (TPSA) is 51.5 Å². The molecule has 3 aromatic rings. The van der Waals surface area contributed by atoms with E-state index >= 15 is 0 Å². The molecule has 0 unspecified atom stereocenters. The van der Waals surface area contributed by atoms with Crippen LogP contribution in [0.25, 0.3) is 11.0 Å². The van der Waals surface area contributed by atoms with Gasteiger partial charge >= 0.3 is 0 Å². The minimum atomic E-state index is -0.280. The molecule has 0 saturated carbocycles. The number of nitrogens with one attached hydrogen (secondary N) is 1. The third kappa shape index (κ3) is 2.44. The molecule has 112 valence electrons. The molecule has 0 bridgehead atoms. The highest BCUT2D eigenvalue weighted by atomic mass is 16.5. The first-order valence-corrected chi connectivity index (χ1v) is 7.04. The molecule has 1 amide bonds. The second kappa shape index (κ2) is 5.56. The molecule has 22 heavy (non-hydrogen) atoms. The van der Waals surface area contributed by atoms with E-state index in [1.54, 1.807) is 7.11 Å². The fourth-order valence-corrected chi connectivity index (χ4v) is 2.49. The first-order valence-electron chi connectivity index (χ1n) is 7.04. The van der Waals surface area contributed by atoms with Crippen LogP contribution in [0.5, 0.6) is 5.75 Å². The number of anilines is 1. The van der Waals surface area contributed by atoms with Gasteiger partial charge in [-0.15, -0.1) is 0 Å². The van der Waals surface area contributed by atoms with Crippen molar-refractivity contribution < 1.29 is 13.9 Å². The van der Waals surface area contributed by atoms with Crippen LogP contribution in [0.2, 0.25) is 0 Å². The van der Waals surface area contributed by atoms with Crippen molar-refractivity contribution in [1.82, 2.24) is 0 Å². The maximum Gasteiger partial charge on any atom is 0.291 e. The third-order valence-electron chi connectivity index (χ3n) is 3.65. The van der Waals surface area contributed by atoms with Crippen LogP contribution >= 0.6 is 0 Å². The zero-order valence-electron chi connectivity index (χ0n) is 12.8. The van der Waals surface area contributed by atoms with Gasteiger partial charge in [0.05, 0.1) is 12.8 Å². The number of fused-ring (bicyclic) bond motifs is 1. The summed E-state index contributed by atoms with van der Waals surface area (Å²) in [5.74, 6) is 0.662. The number of aryl methyl sites for hydroxylation is 2. The van der Waals surface area contributed by atoms with E-state index < -0.39 is 0 Å². The smallest absolute Gasteiger partial charge is 0.291 e. The average molecular weight is 295 g/mol. The largest absolute Gasteiger partial charge is 0.495 e. The molecule has 1 N–H and O–H groups in total. The summed E-state index contributed by atoms with van der Waals surface area (Å²) in [5, 5.41) is 3.81. The standard InChI is InChI=1S/C18H17NO3/c1-11-8-9-16(21-3)14(10-11)19-18(20)17-12(2)13-6-4-5-7-15(13)22-17/h4-10H,1-3H3,(H,19,20). The Morgan fingerprint density at radius 1 is 1.14 bits per heavy atom. The molecular formula is C18H17NO3. The summed E-state index contributed by atoms with van der Waals surface area (Å²) in [6, 6.07) is 13.2. The van der Waals surface area contributed by atoms with Crippen molar-refractivity contribution in [2.24, 2.45) is 0 Å². The van der Waals surface area contributed by atoms with E-state index in [2.05, 4.69) is 5.32 Å². The first-order chi connectivity index (χ1) is 10.6. The van der Waals surface area contributed by atoms with E-state index in [4.69, 9.17) is 9.15 Å². The number of carbonyl (C=O) groups excluding carboxylic acids is 1. The van der Waals surface area contributed by atoms with Crippen LogP contribution in [0.4, 0.5) is 5.69 Å². The predicted molar refractivity (Wildman–Crippen MR) is 86.6 cm³/mol. The van der Waals surface area contributed by atoms with Gasteiger partial charge in [0.2, 0.25) is 0 Å². The molecule has 4 nitrogen and oxygen atoms in total. The highest BCUT2D eigenvalue weighted by molar-refractivity contribution is 6.07. The molecule has 0 spiro atoms. The average Bonchev–Trinajstić information content (AvgIpc) is 2.85. The van der Waals surface area contributed by atoms with Crippen LogP contribution in [0.3, 0.4) is 0 Å². The van der Waals surface area contributed by atoms with Gasteiger partial charge in [-0.2, -0.15) is 0 Å². The lowest BCUT2D eigenvalue weighted by molar-refractivity contribution is 0.0997. The van der Waals surface area contributed by atoms with Gasteiger partial charge in [0.15, 0.2) is 5.76 Å². The number of furan rings is 1. The molecule has 1 heterocycles. The Morgan fingerprint density at radius 3 is 2.64 bits per heavy atom. The first kappa shape index (κ1) is 14.2. The number of benzene rings is 2. The summed E-state index contributed by atoms with van der Waals surface area (Å²) < 4.78 is 11.0. The zero-order valence-corrected chi connectivity index (χ0v) is 12.8. The summed E-state index contributed by atoms with van der Waals surface area (Å²) in [5.41, 5.74) is 3.21. The van der Waals surface area contributed by atoms with Crippen LogP contribution in [0, 0.1) is 13.8 Å². The van der Waals surface area contributed by atoms with E-state index in [9.17, 15) is 4.79 Å². The molecule has 0 aliphatic heterocycles. The van der Waals surface area contributed by atoms with E-state index in [0.29, 0.717) is 22.8 Å². The van der Waals surface area contributed by atoms with E-state index in [1.165, 1.54) is 0 Å². The Bertz CT molecular complexity index is 849.